The summed E-state index contributed by atoms with van der Waals surface area (Å²) in [6.07, 6.45) is -1.80. The van der Waals surface area contributed by atoms with E-state index in [9.17, 15) is 13.2 Å². The quantitative estimate of drug-likeness (QED) is 0.929. The fourth-order valence-electron chi connectivity index (χ4n) is 1.32. The third-order valence-corrected chi connectivity index (χ3v) is 2.10. The van der Waals surface area contributed by atoms with Crippen LogP contribution in [-0.4, -0.2) is 11.3 Å². The van der Waals surface area contributed by atoms with E-state index in [1.807, 2.05) is 0 Å². The molecule has 2 N–H and O–H groups in total. The minimum absolute atomic E-state index is 0.317. The van der Waals surface area contributed by atoms with Crippen molar-refractivity contribution in [1.82, 2.24) is 4.98 Å². The Balaban J connectivity index is 2.09. The van der Waals surface area contributed by atoms with Gasteiger partial charge in [0.2, 0.25) is 0 Å². The molecule has 7 heteroatoms. The lowest BCUT2D eigenvalue weighted by Crippen LogP contribution is -2.16. The van der Waals surface area contributed by atoms with Gasteiger partial charge in [-0.05, 0) is 24.3 Å². The van der Waals surface area contributed by atoms with Crippen molar-refractivity contribution in [2.75, 3.05) is 5.73 Å². The Bertz CT molecular complexity index is 556. The molecule has 2 aromatic rings. The first-order chi connectivity index (χ1) is 8.94. The number of rotatable bonds is 3. The summed E-state index contributed by atoms with van der Waals surface area (Å²) in [5.41, 5.74) is 5.95. The molecular weight excluding hydrogens is 261 g/mol. The molecule has 1 aromatic heterocycles. The van der Waals surface area contributed by atoms with E-state index in [-0.39, 0.29) is 5.75 Å². The van der Waals surface area contributed by atoms with Crippen LogP contribution in [0.3, 0.4) is 0 Å². The van der Waals surface area contributed by atoms with Crippen LogP contribution in [-0.2, 0) is 0 Å². The first kappa shape index (κ1) is 13.0. The molecule has 0 aliphatic heterocycles. The van der Waals surface area contributed by atoms with E-state index in [0.29, 0.717) is 17.2 Å². The molecule has 1 heterocycles. The SMILES string of the molecule is Nc1cnccc1Oc1ccc(OC(F)(F)F)cc1. The molecular formula is C12H9F3N2O2. The van der Waals surface area contributed by atoms with Crippen LogP contribution >= 0.6 is 0 Å². The fourth-order valence-corrected chi connectivity index (χ4v) is 1.32. The molecule has 0 fully saturated rings. The third kappa shape index (κ3) is 3.77. The Hall–Kier alpha value is -2.44. The first-order valence-corrected chi connectivity index (χ1v) is 5.17. The van der Waals surface area contributed by atoms with E-state index in [2.05, 4.69) is 9.72 Å². The smallest absolute Gasteiger partial charge is 0.455 e. The van der Waals surface area contributed by atoms with Gasteiger partial charge in [0.15, 0.2) is 5.75 Å². The summed E-state index contributed by atoms with van der Waals surface area (Å²) in [4.78, 5) is 3.79. The highest BCUT2D eigenvalue weighted by molar-refractivity contribution is 5.51. The number of benzene rings is 1. The highest BCUT2D eigenvalue weighted by Crippen LogP contribution is 2.29. The third-order valence-electron chi connectivity index (χ3n) is 2.10. The Labute approximate surface area is 106 Å². The van der Waals surface area contributed by atoms with Crippen LogP contribution in [0.25, 0.3) is 0 Å². The maximum atomic E-state index is 12.0. The van der Waals surface area contributed by atoms with Crippen molar-refractivity contribution in [3.8, 4) is 17.2 Å². The lowest BCUT2D eigenvalue weighted by Gasteiger charge is -2.10. The number of aromatic nitrogens is 1. The summed E-state index contributed by atoms with van der Waals surface area (Å²) in [7, 11) is 0. The number of ether oxygens (including phenoxy) is 2. The van der Waals surface area contributed by atoms with Gasteiger partial charge < -0.3 is 15.2 Å². The predicted octanol–water partition coefficient (Wildman–Crippen LogP) is 3.35. The number of nitrogens with two attached hydrogens (primary N) is 1. The van der Waals surface area contributed by atoms with E-state index in [1.165, 1.54) is 24.5 Å². The largest absolute Gasteiger partial charge is 0.573 e. The highest BCUT2D eigenvalue weighted by atomic mass is 19.4. The first-order valence-electron chi connectivity index (χ1n) is 5.17. The number of alkyl halides is 3. The Morgan fingerprint density at radius 3 is 2.21 bits per heavy atom. The van der Waals surface area contributed by atoms with Gasteiger partial charge in [0.1, 0.15) is 11.5 Å². The van der Waals surface area contributed by atoms with Crippen LogP contribution in [0.5, 0.6) is 17.2 Å². The van der Waals surface area contributed by atoms with Gasteiger partial charge in [-0.2, -0.15) is 0 Å². The number of nitrogens with zero attached hydrogens (tertiary/aromatic N) is 1. The number of nitrogen functional groups attached to an aromatic ring is 1. The van der Waals surface area contributed by atoms with Gasteiger partial charge in [-0.3, -0.25) is 4.98 Å². The molecule has 0 aliphatic rings. The van der Waals surface area contributed by atoms with Crippen LogP contribution in [0.4, 0.5) is 18.9 Å². The summed E-state index contributed by atoms with van der Waals surface area (Å²) in [5.74, 6) is 0.398. The summed E-state index contributed by atoms with van der Waals surface area (Å²) in [6, 6.07) is 6.55. The Morgan fingerprint density at radius 1 is 1.00 bits per heavy atom. The van der Waals surface area contributed by atoms with Gasteiger partial charge in [-0.25, -0.2) is 0 Å². The molecule has 0 bridgehead atoms. The Morgan fingerprint density at radius 2 is 1.63 bits per heavy atom. The van der Waals surface area contributed by atoms with Gasteiger partial charge in [0, 0.05) is 12.3 Å². The van der Waals surface area contributed by atoms with E-state index in [4.69, 9.17) is 10.5 Å². The molecule has 0 saturated carbocycles. The zero-order valence-corrected chi connectivity index (χ0v) is 9.52. The van der Waals surface area contributed by atoms with Crippen molar-refractivity contribution in [3.63, 3.8) is 0 Å². The second-order valence-corrected chi connectivity index (χ2v) is 3.53. The number of anilines is 1. The average molecular weight is 270 g/mol. The van der Waals surface area contributed by atoms with Gasteiger partial charge >= 0.3 is 6.36 Å². The van der Waals surface area contributed by atoms with Crippen molar-refractivity contribution in [2.24, 2.45) is 0 Å². The summed E-state index contributed by atoms with van der Waals surface area (Å²) < 4.78 is 45.0. The summed E-state index contributed by atoms with van der Waals surface area (Å²) >= 11 is 0. The molecule has 100 valence electrons. The molecule has 0 atom stereocenters. The molecule has 19 heavy (non-hydrogen) atoms. The maximum absolute atomic E-state index is 12.0. The molecule has 0 unspecified atom stereocenters. The van der Waals surface area contributed by atoms with Crippen molar-refractivity contribution in [3.05, 3.63) is 42.7 Å². The van der Waals surface area contributed by atoms with Crippen LogP contribution in [0.15, 0.2) is 42.7 Å². The van der Waals surface area contributed by atoms with E-state index >= 15 is 0 Å². The fraction of sp³-hybridized carbons (Fsp3) is 0.0833. The summed E-state index contributed by atoms with van der Waals surface area (Å²) in [5, 5.41) is 0. The average Bonchev–Trinajstić information content (AvgIpc) is 2.33. The zero-order valence-electron chi connectivity index (χ0n) is 9.52. The maximum Gasteiger partial charge on any atom is 0.573 e. The van der Waals surface area contributed by atoms with E-state index in [1.54, 1.807) is 6.07 Å². The number of hydrogen-bond donors (Lipinski definition) is 1. The lowest BCUT2D eigenvalue weighted by molar-refractivity contribution is -0.274. The number of halogens is 3. The van der Waals surface area contributed by atoms with Gasteiger partial charge in [-0.1, -0.05) is 0 Å². The molecule has 0 amide bonds. The van der Waals surface area contributed by atoms with Gasteiger partial charge in [-0.15, -0.1) is 13.2 Å². The monoisotopic (exact) mass is 270 g/mol. The standard InChI is InChI=1S/C12H9F3N2O2/c13-12(14,15)19-9-3-1-8(2-4-9)18-11-5-6-17-7-10(11)16/h1-7H,16H2. The molecule has 1 aromatic carbocycles. The normalized spacial score (nSPS) is 11.1. The van der Waals surface area contributed by atoms with E-state index in [0.717, 1.165) is 12.1 Å². The van der Waals surface area contributed by atoms with E-state index < -0.39 is 6.36 Å². The second kappa shape index (κ2) is 5.05. The van der Waals surface area contributed by atoms with Crippen LogP contribution in [0.2, 0.25) is 0 Å². The molecule has 0 radical (unpaired) electrons. The molecule has 0 saturated heterocycles. The highest BCUT2D eigenvalue weighted by Gasteiger charge is 2.30. The summed E-state index contributed by atoms with van der Waals surface area (Å²) in [6.45, 7) is 0. The molecule has 4 nitrogen and oxygen atoms in total. The molecule has 2 rings (SSSR count). The number of hydrogen-bond acceptors (Lipinski definition) is 4. The minimum Gasteiger partial charge on any atom is -0.455 e. The predicted molar refractivity (Wildman–Crippen MR) is 61.8 cm³/mol. The second-order valence-electron chi connectivity index (χ2n) is 3.53. The van der Waals surface area contributed by atoms with Gasteiger partial charge in [0.25, 0.3) is 0 Å². The van der Waals surface area contributed by atoms with Crippen molar-refractivity contribution in [1.29, 1.82) is 0 Å². The minimum atomic E-state index is -4.71. The van der Waals surface area contributed by atoms with Crippen LogP contribution in [0.1, 0.15) is 0 Å². The number of pyridine rings is 1. The van der Waals surface area contributed by atoms with Crippen molar-refractivity contribution >= 4 is 5.69 Å². The lowest BCUT2D eigenvalue weighted by atomic mass is 10.3. The zero-order chi connectivity index (χ0) is 13.9. The molecule has 0 spiro atoms. The van der Waals surface area contributed by atoms with Crippen LogP contribution in [0, 0.1) is 0 Å². The van der Waals surface area contributed by atoms with Crippen molar-refractivity contribution in [2.45, 2.75) is 6.36 Å². The van der Waals surface area contributed by atoms with Crippen molar-refractivity contribution < 1.29 is 22.6 Å². The molecule has 0 aliphatic carbocycles. The van der Waals surface area contributed by atoms with Crippen LogP contribution < -0.4 is 15.2 Å². The topological polar surface area (TPSA) is 57.4 Å². The Kier molecular flexibility index (Phi) is 3.46. The van der Waals surface area contributed by atoms with Gasteiger partial charge in [0.05, 0.1) is 11.9 Å².